The predicted molar refractivity (Wildman–Crippen MR) is 120 cm³/mol. The molecule has 4 nitrogen and oxygen atoms in total. The van der Waals surface area contributed by atoms with Crippen molar-refractivity contribution >= 4 is 52.5 Å². The summed E-state index contributed by atoms with van der Waals surface area (Å²) < 4.78 is 0. The zero-order valence-electron chi connectivity index (χ0n) is 15.5. The highest BCUT2D eigenvalue weighted by Gasteiger charge is 2.30. The van der Waals surface area contributed by atoms with E-state index in [-0.39, 0.29) is 11.5 Å². The average Bonchev–Trinajstić information content (AvgIpc) is 3.07. The minimum atomic E-state index is -1.02. The van der Waals surface area contributed by atoms with Gasteiger partial charge in [0.15, 0.2) is 0 Å². The van der Waals surface area contributed by atoms with Crippen LogP contribution in [0.3, 0.4) is 0 Å². The Morgan fingerprint density at radius 2 is 1.63 bits per heavy atom. The largest absolute Gasteiger partial charge is 0.478 e. The molecule has 0 saturated carbocycles. The quantitative estimate of drug-likeness (QED) is 0.498. The van der Waals surface area contributed by atoms with Gasteiger partial charge < -0.3 is 5.11 Å². The van der Waals surface area contributed by atoms with Crippen molar-refractivity contribution in [1.29, 1.82) is 0 Å². The van der Waals surface area contributed by atoms with E-state index in [4.69, 9.17) is 28.3 Å². The Labute approximate surface area is 183 Å². The molecule has 0 radical (unpaired) electrons. The molecule has 3 aromatic rings. The zero-order chi connectivity index (χ0) is 21.3. The molecule has 148 valence electrons. The summed E-state index contributed by atoms with van der Waals surface area (Å²) in [5.41, 5.74) is 3.42. The van der Waals surface area contributed by atoms with Crippen molar-refractivity contribution in [1.82, 2.24) is 0 Å². The van der Waals surface area contributed by atoms with Crippen LogP contribution in [0.4, 0.5) is 5.69 Å². The van der Waals surface area contributed by atoms with Crippen molar-refractivity contribution in [3.8, 4) is 0 Å². The van der Waals surface area contributed by atoms with Gasteiger partial charge in [-0.05, 0) is 59.7 Å². The second kappa shape index (κ2) is 8.19. The summed E-state index contributed by atoms with van der Waals surface area (Å²) in [6, 6.07) is 20.8. The van der Waals surface area contributed by atoms with E-state index < -0.39 is 5.97 Å². The molecule has 1 amide bonds. The van der Waals surface area contributed by atoms with Crippen molar-refractivity contribution in [2.24, 2.45) is 0 Å². The first-order valence-electron chi connectivity index (χ1n) is 9.06. The van der Waals surface area contributed by atoms with Crippen molar-refractivity contribution < 1.29 is 14.7 Å². The van der Waals surface area contributed by atoms with Gasteiger partial charge in [0.2, 0.25) is 0 Å². The molecule has 3 aromatic carbocycles. The number of halogens is 2. The summed E-state index contributed by atoms with van der Waals surface area (Å²) in [4.78, 5) is 26.0. The van der Waals surface area contributed by atoms with Crippen LogP contribution in [0.15, 0.2) is 84.4 Å². The summed E-state index contributed by atoms with van der Waals surface area (Å²) in [5.74, 6) is -1.26. The number of benzene rings is 3. The second-order valence-corrected chi connectivity index (χ2v) is 7.50. The fraction of sp³-hybridized carbons (Fsp3) is 0. The highest BCUT2D eigenvalue weighted by Crippen LogP contribution is 2.36. The van der Waals surface area contributed by atoms with Crippen LogP contribution >= 0.6 is 23.2 Å². The van der Waals surface area contributed by atoms with Gasteiger partial charge >= 0.3 is 5.97 Å². The van der Waals surface area contributed by atoms with Crippen LogP contribution in [-0.2, 0) is 4.79 Å². The first kappa shape index (κ1) is 20.0. The Morgan fingerprint density at radius 3 is 2.27 bits per heavy atom. The summed E-state index contributed by atoms with van der Waals surface area (Å²) >= 11 is 12.2. The Hall–Kier alpha value is -3.34. The van der Waals surface area contributed by atoms with Gasteiger partial charge in [-0.2, -0.15) is 0 Å². The number of hydrogen-bond acceptors (Lipinski definition) is 2. The van der Waals surface area contributed by atoms with Crippen LogP contribution in [0.2, 0.25) is 10.0 Å². The Morgan fingerprint density at radius 1 is 0.933 bits per heavy atom. The van der Waals surface area contributed by atoms with Gasteiger partial charge in [0.1, 0.15) is 0 Å². The number of carbonyl (C=O) groups is 2. The first-order valence-corrected chi connectivity index (χ1v) is 9.81. The van der Waals surface area contributed by atoms with E-state index in [1.54, 1.807) is 47.4 Å². The molecule has 0 unspecified atom stereocenters. The third-order valence-corrected chi connectivity index (χ3v) is 5.26. The highest BCUT2D eigenvalue weighted by molar-refractivity contribution is 6.35. The van der Waals surface area contributed by atoms with Crippen LogP contribution in [0.25, 0.3) is 11.8 Å². The monoisotopic (exact) mass is 435 g/mol. The maximum absolute atomic E-state index is 13.3. The summed E-state index contributed by atoms with van der Waals surface area (Å²) in [5, 5.41) is 10.1. The molecule has 1 N–H and O–H groups in total. The highest BCUT2D eigenvalue weighted by atomic mass is 35.5. The Kier molecular flexibility index (Phi) is 5.44. The molecule has 0 bridgehead atoms. The molecule has 6 heteroatoms. The maximum atomic E-state index is 13.3. The van der Waals surface area contributed by atoms with Gasteiger partial charge in [-0.25, -0.2) is 4.79 Å². The predicted octanol–water partition coefficient (Wildman–Crippen LogP) is 6.16. The van der Waals surface area contributed by atoms with Gasteiger partial charge in [0.05, 0.1) is 11.3 Å². The van der Waals surface area contributed by atoms with E-state index in [9.17, 15) is 9.59 Å². The standard InChI is InChI=1S/C24H15Cl2NO3/c25-19-9-6-17(21(26)14-19)12-18-13-22(15-4-2-1-3-5-15)27(23(18)28)20-10-7-16(8-11-20)24(29)30/h1-14H,(H,29,30)/b18-12-. The van der Waals surface area contributed by atoms with E-state index in [0.717, 1.165) is 5.56 Å². The van der Waals surface area contributed by atoms with E-state index in [1.807, 2.05) is 30.3 Å². The molecule has 0 spiro atoms. The van der Waals surface area contributed by atoms with Crippen LogP contribution in [0, 0.1) is 0 Å². The number of rotatable bonds is 4. The van der Waals surface area contributed by atoms with Crippen molar-refractivity contribution in [2.45, 2.75) is 0 Å². The fourth-order valence-corrected chi connectivity index (χ4v) is 3.70. The normalized spacial score (nSPS) is 14.9. The van der Waals surface area contributed by atoms with Crippen molar-refractivity contribution in [3.63, 3.8) is 0 Å². The second-order valence-electron chi connectivity index (χ2n) is 6.65. The van der Waals surface area contributed by atoms with Crippen molar-refractivity contribution in [2.75, 3.05) is 4.90 Å². The van der Waals surface area contributed by atoms with Crippen LogP contribution < -0.4 is 4.90 Å². The van der Waals surface area contributed by atoms with E-state index in [1.165, 1.54) is 12.1 Å². The first-order chi connectivity index (χ1) is 14.4. The SMILES string of the molecule is O=C(O)c1ccc(N2C(=O)/C(=C\c3ccc(Cl)cc3Cl)C=C2c2ccccc2)cc1. The van der Waals surface area contributed by atoms with E-state index >= 15 is 0 Å². The van der Waals surface area contributed by atoms with Gasteiger partial charge in [0, 0.05) is 21.3 Å². The molecule has 1 aliphatic heterocycles. The number of carbonyl (C=O) groups excluding carboxylic acids is 1. The lowest BCUT2D eigenvalue weighted by atomic mass is 10.1. The molecule has 0 fully saturated rings. The Bertz CT molecular complexity index is 1200. The summed E-state index contributed by atoms with van der Waals surface area (Å²) in [6.45, 7) is 0. The molecule has 30 heavy (non-hydrogen) atoms. The molecule has 0 saturated heterocycles. The zero-order valence-corrected chi connectivity index (χ0v) is 17.1. The molecule has 1 heterocycles. The minimum absolute atomic E-state index is 0.152. The third kappa shape index (κ3) is 3.88. The maximum Gasteiger partial charge on any atom is 0.335 e. The minimum Gasteiger partial charge on any atom is -0.478 e. The number of anilines is 1. The van der Waals surface area contributed by atoms with Gasteiger partial charge in [0.25, 0.3) is 5.91 Å². The van der Waals surface area contributed by atoms with Crippen LogP contribution in [0.5, 0.6) is 0 Å². The fourth-order valence-electron chi connectivity index (χ4n) is 3.23. The van der Waals surface area contributed by atoms with Gasteiger partial charge in [-0.3, -0.25) is 9.69 Å². The Balaban J connectivity index is 1.81. The molecule has 4 rings (SSSR count). The van der Waals surface area contributed by atoms with E-state index in [0.29, 0.717) is 32.6 Å². The lowest BCUT2D eigenvalue weighted by molar-refractivity contribution is -0.113. The molecule has 1 aliphatic rings. The number of aromatic carboxylic acids is 1. The summed E-state index contributed by atoms with van der Waals surface area (Å²) in [6.07, 6.45) is 3.52. The van der Waals surface area contributed by atoms with Crippen LogP contribution in [0.1, 0.15) is 21.5 Å². The third-order valence-electron chi connectivity index (χ3n) is 4.70. The molecular weight excluding hydrogens is 421 g/mol. The number of carboxylic acid groups (broad SMARTS) is 1. The lowest BCUT2D eigenvalue weighted by Gasteiger charge is -2.21. The molecule has 0 atom stereocenters. The number of nitrogens with zero attached hydrogens (tertiary/aromatic N) is 1. The smallest absolute Gasteiger partial charge is 0.335 e. The van der Waals surface area contributed by atoms with Gasteiger partial charge in [-0.15, -0.1) is 0 Å². The number of hydrogen-bond donors (Lipinski definition) is 1. The summed E-state index contributed by atoms with van der Waals surface area (Å²) in [7, 11) is 0. The molecular formula is C24H15Cl2NO3. The molecule has 0 aliphatic carbocycles. The number of amides is 1. The van der Waals surface area contributed by atoms with Gasteiger partial charge in [-0.1, -0.05) is 59.6 Å². The topological polar surface area (TPSA) is 57.6 Å². The number of carboxylic acids is 1. The average molecular weight is 436 g/mol. The molecule has 0 aromatic heterocycles. The van der Waals surface area contributed by atoms with Crippen LogP contribution in [-0.4, -0.2) is 17.0 Å². The van der Waals surface area contributed by atoms with E-state index in [2.05, 4.69) is 0 Å². The lowest BCUT2D eigenvalue weighted by Crippen LogP contribution is -2.25. The van der Waals surface area contributed by atoms with Crippen molar-refractivity contribution in [3.05, 3.63) is 111 Å².